The highest BCUT2D eigenvalue weighted by atomic mass is 16.4. The van der Waals surface area contributed by atoms with Gasteiger partial charge in [0.25, 0.3) is 0 Å². The number of nitrogens with zero attached hydrogens (tertiary/aromatic N) is 2. The molecule has 0 aliphatic heterocycles. The molecule has 1 aliphatic carbocycles. The predicted octanol–water partition coefficient (Wildman–Crippen LogP) is 5.08. The summed E-state index contributed by atoms with van der Waals surface area (Å²) in [6.07, 6.45) is 5.82. The summed E-state index contributed by atoms with van der Waals surface area (Å²) >= 11 is 0. The van der Waals surface area contributed by atoms with Gasteiger partial charge in [-0.05, 0) is 43.0 Å². The Labute approximate surface area is 147 Å². The minimum absolute atomic E-state index is 0.288. The average molecular weight is 334 g/mol. The van der Waals surface area contributed by atoms with E-state index in [4.69, 9.17) is 4.98 Å². The molecule has 2 aromatic carbocycles. The van der Waals surface area contributed by atoms with E-state index in [9.17, 15) is 9.90 Å². The van der Waals surface area contributed by atoms with E-state index >= 15 is 0 Å². The van der Waals surface area contributed by atoms with Crippen molar-refractivity contribution in [2.45, 2.75) is 45.1 Å². The first kappa shape index (κ1) is 15.9. The number of hydrogen-bond donors (Lipinski definition) is 1. The molecule has 0 spiro atoms. The van der Waals surface area contributed by atoms with E-state index in [1.54, 1.807) is 12.1 Å². The lowest BCUT2D eigenvalue weighted by Gasteiger charge is -2.16. The highest BCUT2D eigenvalue weighted by Crippen LogP contribution is 2.37. The molecule has 1 aliphatic rings. The molecule has 0 unspecified atom stereocenters. The van der Waals surface area contributed by atoms with Crippen LogP contribution in [0.2, 0.25) is 0 Å². The molecule has 4 nitrogen and oxygen atoms in total. The second-order valence-corrected chi connectivity index (χ2v) is 6.80. The third kappa shape index (κ3) is 2.82. The minimum atomic E-state index is -0.911. The van der Waals surface area contributed by atoms with Gasteiger partial charge in [0.1, 0.15) is 5.82 Å². The minimum Gasteiger partial charge on any atom is -0.478 e. The number of rotatable bonds is 4. The molecule has 1 N–H and O–H groups in total. The van der Waals surface area contributed by atoms with Crippen molar-refractivity contribution in [2.24, 2.45) is 0 Å². The summed E-state index contributed by atoms with van der Waals surface area (Å²) in [5.74, 6) is 0.0401. The normalized spacial score (nSPS) is 15.1. The fourth-order valence-electron chi connectivity index (χ4n) is 3.86. The van der Waals surface area contributed by atoms with Crippen LogP contribution in [0.25, 0.3) is 22.4 Å². The maximum atomic E-state index is 11.3. The van der Waals surface area contributed by atoms with Crippen molar-refractivity contribution < 1.29 is 9.90 Å². The number of carbonyl (C=O) groups is 1. The highest BCUT2D eigenvalue weighted by Gasteiger charge is 2.23. The second-order valence-electron chi connectivity index (χ2n) is 6.80. The highest BCUT2D eigenvalue weighted by molar-refractivity contribution is 5.93. The predicted molar refractivity (Wildman–Crippen MR) is 99.0 cm³/mol. The molecule has 128 valence electrons. The number of carboxylic acids is 1. The molecule has 0 bridgehead atoms. The van der Waals surface area contributed by atoms with E-state index in [0.717, 1.165) is 41.7 Å². The quantitative estimate of drug-likeness (QED) is 0.724. The fourth-order valence-corrected chi connectivity index (χ4v) is 3.86. The van der Waals surface area contributed by atoms with Gasteiger partial charge in [0, 0.05) is 11.6 Å². The van der Waals surface area contributed by atoms with Crippen molar-refractivity contribution in [3.63, 3.8) is 0 Å². The summed E-state index contributed by atoms with van der Waals surface area (Å²) in [7, 11) is 0. The monoisotopic (exact) mass is 334 g/mol. The Balaban J connectivity index is 1.90. The zero-order valence-electron chi connectivity index (χ0n) is 14.4. The van der Waals surface area contributed by atoms with Gasteiger partial charge < -0.3 is 9.67 Å². The Morgan fingerprint density at radius 3 is 2.52 bits per heavy atom. The maximum absolute atomic E-state index is 11.3. The van der Waals surface area contributed by atoms with Crippen molar-refractivity contribution in [2.75, 3.05) is 0 Å². The SMILES string of the molecule is CCc1ccc(-c2nc3cc(C(=O)O)ccc3n2C2CCCC2)cc1. The van der Waals surface area contributed by atoms with Gasteiger partial charge in [-0.1, -0.05) is 44.0 Å². The summed E-state index contributed by atoms with van der Waals surface area (Å²) in [4.78, 5) is 16.1. The molecule has 0 amide bonds. The summed E-state index contributed by atoms with van der Waals surface area (Å²) in [5.41, 5.74) is 4.49. The van der Waals surface area contributed by atoms with Gasteiger partial charge in [-0.3, -0.25) is 0 Å². The van der Waals surface area contributed by atoms with Gasteiger partial charge in [0.05, 0.1) is 16.6 Å². The number of fused-ring (bicyclic) bond motifs is 1. The van der Waals surface area contributed by atoms with Gasteiger partial charge >= 0.3 is 5.97 Å². The molecule has 1 heterocycles. The van der Waals surface area contributed by atoms with E-state index in [1.807, 2.05) is 6.07 Å². The summed E-state index contributed by atoms with van der Waals surface area (Å²) in [6.45, 7) is 2.15. The number of hydrogen-bond acceptors (Lipinski definition) is 2. The molecular weight excluding hydrogens is 312 g/mol. The molecule has 1 aromatic heterocycles. The van der Waals surface area contributed by atoms with Crippen LogP contribution in [-0.4, -0.2) is 20.6 Å². The molecule has 3 aromatic rings. The number of aromatic nitrogens is 2. The van der Waals surface area contributed by atoms with Crippen LogP contribution >= 0.6 is 0 Å². The Hall–Kier alpha value is -2.62. The van der Waals surface area contributed by atoms with Gasteiger partial charge in [-0.15, -0.1) is 0 Å². The van der Waals surface area contributed by atoms with E-state index in [-0.39, 0.29) is 5.56 Å². The molecule has 4 heteroatoms. The Morgan fingerprint density at radius 1 is 1.16 bits per heavy atom. The molecule has 4 rings (SSSR count). The van der Waals surface area contributed by atoms with Gasteiger partial charge in [-0.2, -0.15) is 0 Å². The van der Waals surface area contributed by atoms with Gasteiger partial charge in [-0.25, -0.2) is 9.78 Å². The van der Waals surface area contributed by atoms with E-state index in [2.05, 4.69) is 35.8 Å². The summed E-state index contributed by atoms with van der Waals surface area (Å²) in [6, 6.07) is 14.3. The van der Waals surface area contributed by atoms with Crippen molar-refractivity contribution in [1.82, 2.24) is 9.55 Å². The zero-order valence-corrected chi connectivity index (χ0v) is 14.4. The fraction of sp³-hybridized carbons (Fsp3) is 0.333. The average Bonchev–Trinajstić information content (AvgIpc) is 3.28. The van der Waals surface area contributed by atoms with Crippen LogP contribution in [0.4, 0.5) is 0 Å². The molecule has 1 fully saturated rings. The Bertz CT molecular complexity index is 919. The first-order chi connectivity index (χ1) is 12.2. The van der Waals surface area contributed by atoms with Crippen LogP contribution in [0.15, 0.2) is 42.5 Å². The molecule has 0 saturated heterocycles. The standard InChI is InChI=1S/C21H22N2O2/c1-2-14-7-9-15(10-8-14)20-22-18-13-16(21(24)25)11-12-19(18)23(20)17-5-3-4-6-17/h7-13,17H,2-6H2,1H3,(H,24,25). The lowest BCUT2D eigenvalue weighted by molar-refractivity contribution is 0.0697. The van der Waals surface area contributed by atoms with Gasteiger partial charge in [0.15, 0.2) is 0 Å². The lowest BCUT2D eigenvalue weighted by atomic mass is 10.1. The molecule has 1 saturated carbocycles. The van der Waals surface area contributed by atoms with Crippen LogP contribution < -0.4 is 0 Å². The largest absolute Gasteiger partial charge is 0.478 e. The topological polar surface area (TPSA) is 55.1 Å². The Kier molecular flexibility index (Phi) is 4.04. The van der Waals surface area contributed by atoms with Crippen molar-refractivity contribution in [3.8, 4) is 11.4 Å². The zero-order chi connectivity index (χ0) is 17.4. The molecule has 25 heavy (non-hydrogen) atoms. The van der Waals surface area contributed by atoms with E-state index < -0.39 is 5.97 Å². The lowest BCUT2D eigenvalue weighted by Crippen LogP contribution is -2.06. The first-order valence-corrected chi connectivity index (χ1v) is 9.02. The van der Waals surface area contributed by atoms with Crippen molar-refractivity contribution >= 4 is 17.0 Å². The summed E-state index contributed by atoms with van der Waals surface area (Å²) in [5, 5.41) is 9.27. The number of imidazole rings is 1. The number of aryl methyl sites for hydroxylation is 1. The molecular formula is C21H22N2O2. The maximum Gasteiger partial charge on any atom is 0.335 e. The van der Waals surface area contributed by atoms with Crippen LogP contribution in [0.5, 0.6) is 0 Å². The third-order valence-electron chi connectivity index (χ3n) is 5.25. The van der Waals surface area contributed by atoms with Gasteiger partial charge in [0.2, 0.25) is 0 Å². The third-order valence-corrected chi connectivity index (χ3v) is 5.25. The van der Waals surface area contributed by atoms with Crippen molar-refractivity contribution in [1.29, 1.82) is 0 Å². The second kappa shape index (κ2) is 6.36. The smallest absolute Gasteiger partial charge is 0.335 e. The first-order valence-electron chi connectivity index (χ1n) is 9.02. The van der Waals surface area contributed by atoms with Crippen LogP contribution in [0, 0.1) is 0 Å². The van der Waals surface area contributed by atoms with Crippen LogP contribution in [0.1, 0.15) is 54.6 Å². The van der Waals surface area contributed by atoms with Crippen molar-refractivity contribution in [3.05, 3.63) is 53.6 Å². The Morgan fingerprint density at radius 2 is 1.88 bits per heavy atom. The van der Waals surface area contributed by atoms with Crippen LogP contribution in [-0.2, 0) is 6.42 Å². The van der Waals surface area contributed by atoms with Crippen LogP contribution in [0.3, 0.4) is 0 Å². The molecule has 0 atom stereocenters. The number of carboxylic acid groups (broad SMARTS) is 1. The van der Waals surface area contributed by atoms with E-state index in [0.29, 0.717) is 6.04 Å². The number of aromatic carboxylic acids is 1. The molecule has 0 radical (unpaired) electrons. The number of benzene rings is 2. The summed E-state index contributed by atoms with van der Waals surface area (Å²) < 4.78 is 2.33. The van der Waals surface area contributed by atoms with E-state index in [1.165, 1.54) is 18.4 Å².